The van der Waals surface area contributed by atoms with Crippen LogP contribution in [0.1, 0.15) is 47.0 Å². The largest absolute Gasteiger partial charge is 0.467 e. The van der Waals surface area contributed by atoms with Crippen LogP contribution in [0.5, 0.6) is 5.75 Å². The Morgan fingerprint density at radius 3 is 2.44 bits per heavy atom. The van der Waals surface area contributed by atoms with Gasteiger partial charge in [0.1, 0.15) is 12.2 Å². The molecule has 0 amide bonds. The molecule has 1 rings (SSSR count). The zero-order chi connectivity index (χ0) is 20.4. The smallest absolute Gasteiger partial charge is 0.330 e. The lowest BCUT2D eigenvalue weighted by molar-refractivity contribution is -0.143. The fourth-order valence-corrected chi connectivity index (χ4v) is 2.39. The van der Waals surface area contributed by atoms with Crippen LogP contribution in [0.25, 0.3) is 0 Å². The maximum atomic E-state index is 12.2. The Labute approximate surface area is 165 Å². The summed E-state index contributed by atoms with van der Waals surface area (Å²) in [6, 6.07) is 6.06. The molecule has 27 heavy (non-hydrogen) atoms. The second kappa shape index (κ2) is 10.9. The number of hydrogen-bond donors (Lipinski definition) is 0. The van der Waals surface area contributed by atoms with Gasteiger partial charge in [0, 0.05) is 0 Å². The van der Waals surface area contributed by atoms with E-state index >= 15 is 0 Å². The SMILES string of the molecule is CCOC(=O)CC(=NC(CCC(C)(C)C)C(=O)OC)Oc1ccccc1Cl. The first kappa shape index (κ1) is 23.0. The average molecular weight is 398 g/mol. The summed E-state index contributed by atoms with van der Waals surface area (Å²) in [6.07, 6.45) is 1.01. The lowest BCUT2D eigenvalue weighted by Crippen LogP contribution is -2.26. The Morgan fingerprint density at radius 1 is 1.22 bits per heavy atom. The number of benzene rings is 1. The summed E-state index contributed by atoms with van der Waals surface area (Å²) in [4.78, 5) is 28.5. The van der Waals surface area contributed by atoms with E-state index in [1.807, 2.05) is 0 Å². The van der Waals surface area contributed by atoms with Gasteiger partial charge in [-0.05, 0) is 37.3 Å². The maximum Gasteiger partial charge on any atom is 0.330 e. The standard InChI is InChI=1S/C20H28ClNO5/c1-6-26-18(23)13-17(27-16-10-8-7-9-14(16)21)22-15(19(24)25-5)11-12-20(2,3)4/h7-10,15H,6,11-13H2,1-5H3. The van der Waals surface area contributed by atoms with Crippen molar-refractivity contribution in [3.63, 3.8) is 0 Å². The topological polar surface area (TPSA) is 74.2 Å². The third kappa shape index (κ3) is 8.91. The van der Waals surface area contributed by atoms with E-state index in [1.54, 1.807) is 31.2 Å². The number of methoxy groups -OCH3 is 1. The van der Waals surface area contributed by atoms with Crippen LogP contribution in [0.2, 0.25) is 5.02 Å². The summed E-state index contributed by atoms with van der Waals surface area (Å²) >= 11 is 6.13. The third-order valence-corrected chi connectivity index (χ3v) is 3.92. The quantitative estimate of drug-likeness (QED) is 0.368. The van der Waals surface area contributed by atoms with Gasteiger partial charge in [0.15, 0.2) is 6.04 Å². The van der Waals surface area contributed by atoms with Crippen molar-refractivity contribution in [1.29, 1.82) is 0 Å². The molecule has 0 saturated heterocycles. The highest BCUT2D eigenvalue weighted by Crippen LogP contribution is 2.25. The number of aliphatic imine (C=N–C) groups is 1. The maximum absolute atomic E-state index is 12.2. The fourth-order valence-electron chi connectivity index (χ4n) is 2.21. The van der Waals surface area contributed by atoms with E-state index in [0.717, 1.165) is 6.42 Å². The van der Waals surface area contributed by atoms with Gasteiger partial charge < -0.3 is 14.2 Å². The van der Waals surface area contributed by atoms with Crippen LogP contribution in [0, 0.1) is 5.41 Å². The van der Waals surface area contributed by atoms with Crippen molar-refractivity contribution in [2.75, 3.05) is 13.7 Å². The number of halogens is 1. The number of hydrogen-bond acceptors (Lipinski definition) is 6. The Bertz CT molecular complexity index is 667. The summed E-state index contributed by atoms with van der Waals surface area (Å²) in [5.41, 5.74) is 0.0205. The van der Waals surface area contributed by atoms with Gasteiger partial charge in [-0.25, -0.2) is 9.79 Å². The van der Waals surface area contributed by atoms with Crippen molar-refractivity contribution in [2.45, 2.75) is 53.0 Å². The number of para-hydroxylation sites is 1. The molecule has 0 saturated carbocycles. The molecule has 1 atom stereocenters. The minimum Gasteiger partial charge on any atom is -0.467 e. The number of carbonyl (C=O) groups is 2. The van der Waals surface area contributed by atoms with Gasteiger partial charge in [0.25, 0.3) is 0 Å². The first-order valence-electron chi connectivity index (χ1n) is 8.88. The van der Waals surface area contributed by atoms with Crippen LogP contribution in [0.15, 0.2) is 29.3 Å². The van der Waals surface area contributed by atoms with E-state index < -0.39 is 18.0 Å². The zero-order valence-corrected chi connectivity index (χ0v) is 17.3. The molecular weight excluding hydrogens is 370 g/mol. The molecule has 0 N–H and O–H groups in total. The van der Waals surface area contributed by atoms with E-state index in [2.05, 4.69) is 25.8 Å². The molecule has 0 fully saturated rings. The van der Waals surface area contributed by atoms with E-state index in [4.69, 9.17) is 25.8 Å². The first-order valence-corrected chi connectivity index (χ1v) is 9.26. The van der Waals surface area contributed by atoms with Crippen LogP contribution in [0.4, 0.5) is 0 Å². The molecule has 0 spiro atoms. The van der Waals surface area contributed by atoms with Gasteiger partial charge in [-0.3, -0.25) is 4.79 Å². The van der Waals surface area contributed by atoms with Gasteiger partial charge >= 0.3 is 11.9 Å². The highest BCUT2D eigenvalue weighted by molar-refractivity contribution is 6.32. The van der Waals surface area contributed by atoms with Crippen molar-refractivity contribution in [3.8, 4) is 5.75 Å². The van der Waals surface area contributed by atoms with Gasteiger partial charge in [-0.2, -0.15) is 0 Å². The molecule has 0 radical (unpaired) electrons. The summed E-state index contributed by atoms with van der Waals surface area (Å²) in [5.74, 6) is -0.571. The molecule has 1 unspecified atom stereocenters. The Kier molecular flexibility index (Phi) is 9.29. The van der Waals surface area contributed by atoms with Gasteiger partial charge in [0.2, 0.25) is 5.90 Å². The Balaban J connectivity index is 3.12. The molecule has 0 aromatic heterocycles. The summed E-state index contributed by atoms with van der Waals surface area (Å²) in [7, 11) is 1.31. The van der Waals surface area contributed by atoms with Crippen LogP contribution in [-0.2, 0) is 19.1 Å². The van der Waals surface area contributed by atoms with Crippen molar-refractivity contribution in [1.82, 2.24) is 0 Å². The number of carbonyl (C=O) groups excluding carboxylic acids is 2. The number of rotatable bonds is 8. The average Bonchev–Trinajstić information content (AvgIpc) is 2.59. The molecule has 7 heteroatoms. The fraction of sp³-hybridized carbons (Fsp3) is 0.550. The Hall–Kier alpha value is -2.08. The van der Waals surface area contributed by atoms with Crippen LogP contribution in [0.3, 0.4) is 0 Å². The Morgan fingerprint density at radius 2 is 1.89 bits per heavy atom. The summed E-state index contributed by atoms with van der Waals surface area (Å²) in [5, 5.41) is 0.373. The third-order valence-electron chi connectivity index (χ3n) is 3.61. The van der Waals surface area contributed by atoms with Crippen LogP contribution in [-0.4, -0.2) is 37.6 Å². The minimum absolute atomic E-state index is 0.0205. The highest BCUT2D eigenvalue weighted by Gasteiger charge is 2.24. The predicted octanol–water partition coefficient (Wildman–Crippen LogP) is 4.44. The van der Waals surface area contributed by atoms with Crippen molar-refractivity contribution in [2.24, 2.45) is 10.4 Å². The number of nitrogens with zero attached hydrogens (tertiary/aromatic N) is 1. The van der Waals surface area contributed by atoms with Gasteiger partial charge in [-0.1, -0.05) is 44.5 Å². The monoisotopic (exact) mass is 397 g/mol. The lowest BCUT2D eigenvalue weighted by atomic mass is 9.89. The molecule has 0 aliphatic rings. The lowest BCUT2D eigenvalue weighted by Gasteiger charge is -2.20. The molecule has 0 aliphatic carbocycles. The van der Waals surface area contributed by atoms with Crippen LogP contribution >= 0.6 is 11.6 Å². The second-order valence-electron chi connectivity index (χ2n) is 7.18. The predicted molar refractivity (Wildman–Crippen MR) is 105 cm³/mol. The molecule has 0 heterocycles. The van der Waals surface area contributed by atoms with Crippen molar-refractivity contribution in [3.05, 3.63) is 29.3 Å². The number of esters is 2. The molecule has 0 bridgehead atoms. The molecule has 1 aromatic carbocycles. The van der Waals surface area contributed by atoms with Crippen LogP contribution < -0.4 is 4.74 Å². The summed E-state index contributed by atoms with van der Waals surface area (Å²) < 4.78 is 15.6. The molecule has 0 aliphatic heterocycles. The molecule has 1 aromatic rings. The number of ether oxygens (including phenoxy) is 3. The highest BCUT2D eigenvalue weighted by atomic mass is 35.5. The van der Waals surface area contributed by atoms with E-state index in [9.17, 15) is 9.59 Å². The zero-order valence-electron chi connectivity index (χ0n) is 16.6. The van der Waals surface area contributed by atoms with Crippen molar-refractivity contribution < 1.29 is 23.8 Å². The molecule has 6 nitrogen and oxygen atoms in total. The second-order valence-corrected chi connectivity index (χ2v) is 7.58. The summed E-state index contributed by atoms with van der Waals surface area (Å²) in [6.45, 7) is 8.17. The normalized spacial score (nSPS) is 13.0. The first-order chi connectivity index (χ1) is 12.7. The van der Waals surface area contributed by atoms with E-state index in [0.29, 0.717) is 17.2 Å². The van der Waals surface area contributed by atoms with Crippen molar-refractivity contribution >= 4 is 29.4 Å². The molecule has 150 valence electrons. The van der Waals surface area contributed by atoms with E-state index in [1.165, 1.54) is 7.11 Å². The molecular formula is C20H28ClNO5. The van der Waals surface area contributed by atoms with Gasteiger partial charge in [-0.15, -0.1) is 0 Å². The van der Waals surface area contributed by atoms with E-state index in [-0.39, 0.29) is 24.3 Å². The minimum atomic E-state index is -0.777. The van der Waals surface area contributed by atoms with Gasteiger partial charge in [0.05, 0.1) is 18.7 Å².